The van der Waals surface area contributed by atoms with Gasteiger partial charge in [0.15, 0.2) is 0 Å². The van der Waals surface area contributed by atoms with Gasteiger partial charge in [-0.25, -0.2) is 0 Å². The standard InChI is InChI=1S/C8H12BrN3O/c9-8-11-7(13-12-8)4-6-2-1-3-10-5-6/h6,10H,1-5H2. The maximum atomic E-state index is 5.03. The second kappa shape index (κ2) is 4.19. The van der Waals surface area contributed by atoms with E-state index in [9.17, 15) is 0 Å². The van der Waals surface area contributed by atoms with Gasteiger partial charge >= 0.3 is 0 Å². The van der Waals surface area contributed by atoms with Gasteiger partial charge in [0.25, 0.3) is 0 Å². The first-order valence-electron chi connectivity index (χ1n) is 4.53. The molecular formula is C8H12BrN3O. The van der Waals surface area contributed by atoms with E-state index in [4.69, 9.17) is 4.52 Å². The molecule has 4 nitrogen and oxygen atoms in total. The molecule has 1 aliphatic heterocycles. The average Bonchev–Trinajstić information content (AvgIpc) is 2.53. The topological polar surface area (TPSA) is 51.0 Å². The zero-order valence-electron chi connectivity index (χ0n) is 7.29. The third-order valence-corrected chi connectivity index (χ3v) is 2.63. The van der Waals surface area contributed by atoms with Gasteiger partial charge < -0.3 is 9.84 Å². The van der Waals surface area contributed by atoms with E-state index in [1.54, 1.807) is 0 Å². The molecule has 0 bridgehead atoms. The van der Waals surface area contributed by atoms with Gasteiger partial charge in [-0.3, -0.25) is 0 Å². The summed E-state index contributed by atoms with van der Waals surface area (Å²) in [6.45, 7) is 2.21. The SMILES string of the molecule is Brc1noc(CC2CCCNC2)n1. The third kappa shape index (κ3) is 2.51. The Morgan fingerprint density at radius 1 is 1.62 bits per heavy atom. The van der Waals surface area contributed by atoms with Crippen molar-refractivity contribution in [3.63, 3.8) is 0 Å². The minimum absolute atomic E-state index is 0.547. The van der Waals surface area contributed by atoms with Crippen molar-refractivity contribution < 1.29 is 4.52 Å². The van der Waals surface area contributed by atoms with Crippen molar-refractivity contribution in [1.29, 1.82) is 0 Å². The van der Waals surface area contributed by atoms with Gasteiger partial charge in [0, 0.05) is 6.42 Å². The van der Waals surface area contributed by atoms with E-state index in [0.717, 1.165) is 25.4 Å². The molecule has 1 atom stereocenters. The monoisotopic (exact) mass is 245 g/mol. The molecule has 0 aliphatic carbocycles. The summed E-state index contributed by atoms with van der Waals surface area (Å²) >= 11 is 3.17. The Morgan fingerprint density at radius 3 is 3.15 bits per heavy atom. The molecule has 0 amide bonds. The van der Waals surface area contributed by atoms with Crippen LogP contribution >= 0.6 is 15.9 Å². The number of hydrogen-bond donors (Lipinski definition) is 1. The summed E-state index contributed by atoms with van der Waals surface area (Å²) in [4.78, 5) is 4.12. The predicted molar refractivity (Wildman–Crippen MR) is 51.3 cm³/mol. The highest BCUT2D eigenvalue weighted by Crippen LogP contribution is 2.16. The quantitative estimate of drug-likeness (QED) is 0.856. The smallest absolute Gasteiger partial charge is 0.238 e. The summed E-state index contributed by atoms with van der Waals surface area (Å²) in [5, 5.41) is 7.05. The van der Waals surface area contributed by atoms with Crippen molar-refractivity contribution in [3.05, 3.63) is 10.6 Å². The van der Waals surface area contributed by atoms with Crippen LogP contribution in [0.25, 0.3) is 0 Å². The van der Waals surface area contributed by atoms with Crippen molar-refractivity contribution in [2.75, 3.05) is 13.1 Å². The summed E-state index contributed by atoms with van der Waals surface area (Å²) in [5.41, 5.74) is 0. The number of aromatic nitrogens is 2. The molecular weight excluding hydrogens is 234 g/mol. The summed E-state index contributed by atoms with van der Waals surface area (Å²) in [5.74, 6) is 1.39. The van der Waals surface area contributed by atoms with E-state index in [1.165, 1.54) is 12.8 Å². The maximum absolute atomic E-state index is 5.03. The van der Waals surface area contributed by atoms with Crippen LogP contribution in [0.1, 0.15) is 18.7 Å². The fourth-order valence-electron chi connectivity index (χ4n) is 1.66. The van der Waals surface area contributed by atoms with Crippen LogP contribution in [0, 0.1) is 5.92 Å². The van der Waals surface area contributed by atoms with Crippen LogP contribution in [-0.4, -0.2) is 23.2 Å². The van der Waals surface area contributed by atoms with Gasteiger partial charge in [-0.05, 0) is 52.9 Å². The number of halogens is 1. The zero-order chi connectivity index (χ0) is 9.10. The van der Waals surface area contributed by atoms with Gasteiger partial charge in [0.1, 0.15) is 0 Å². The first kappa shape index (κ1) is 9.15. The third-order valence-electron chi connectivity index (χ3n) is 2.31. The van der Waals surface area contributed by atoms with Crippen LogP contribution in [-0.2, 0) is 6.42 Å². The Labute approximate surface area is 85.2 Å². The average molecular weight is 246 g/mol. The number of rotatable bonds is 2. The summed E-state index contributed by atoms with van der Waals surface area (Å²) in [7, 11) is 0. The van der Waals surface area contributed by atoms with E-state index in [1.807, 2.05) is 0 Å². The number of piperidine rings is 1. The van der Waals surface area contributed by atoms with Crippen LogP contribution in [0.2, 0.25) is 0 Å². The first-order chi connectivity index (χ1) is 6.34. The van der Waals surface area contributed by atoms with Crippen molar-refractivity contribution >= 4 is 15.9 Å². The Kier molecular flexibility index (Phi) is 2.95. The van der Waals surface area contributed by atoms with Crippen molar-refractivity contribution in [2.24, 2.45) is 5.92 Å². The second-order valence-electron chi connectivity index (χ2n) is 3.37. The highest BCUT2D eigenvalue weighted by molar-refractivity contribution is 9.10. The van der Waals surface area contributed by atoms with Crippen LogP contribution in [0.5, 0.6) is 0 Å². The highest BCUT2D eigenvalue weighted by atomic mass is 79.9. The lowest BCUT2D eigenvalue weighted by Crippen LogP contribution is -2.30. The highest BCUT2D eigenvalue weighted by Gasteiger charge is 2.16. The molecule has 13 heavy (non-hydrogen) atoms. The molecule has 1 unspecified atom stereocenters. The molecule has 1 N–H and O–H groups in total. The van der Waals surface area contributed by atoms with E-state index in [0.29, 0.717) is 10.7 Å². The number of nitrogens with one attached hydrogen (secondary N) is 1. The molecule has 2 rings (SSSR count). The molecule has 1 fully saturated rings. The summed E-state index contributed by atoms with van der Waals surface area (Å²) < 4.78 is 5.58. The lowest BCUT2D eigenvalue weighted by atomic mass is 9.96. The molecule has 1 saturated heterocycles. The van der Waals surface area contributed by atoms with E-state index < -0.39 is 0 Å². The molecule has 2 heterocycles. The Hall–Kier alpha value is -0.420. The molecule has 5 heteroatoms. The van der Waals surface area contributed by atoms with Crippen molar-refractivity contribution in [3.8, 4) is 0 Å². The predicted octanol–water partition coefficient (Wildman–Crippen LogP) is 1.37. The molecule has 0 saturated carbocycles. The molecule has 1 aromatic heterocycles. The normalized spacial score (nSPS) is 23.3. The number of hydrogen-bond acceptors (Lipinski definition) is 4. The van der Waals surface area contributed by atoms with Gasteiger partial charge in [0.05, 0.1) is 0 Å². The van der Waals surface area contributed by atoms with E-state index in [2.05, 4.69) is 31.4 Å². The van der Waals surface area contributed by atoms with Crippen LogP contribution < -0.4 is 5.32 Å². The van der Waals surface area contributed by atoms with Gasteiger partial charge in [0.2, 0.25) is 10.6 Å². The van der Waals surface area contributed by atoms with E-state index >= 15 is 0 Å². The molecule has 0 spiro atoms. The van der Waals surface area contributed by atoms with Gasteiger partial charge in [-0.2, -0.15) is 4.98 Å². The summed E-state index contributed by atoms with van der Waals surface area (Å²) in [6.07, 6.45) is 3.40. The second-order valence-corrected chi connectivity index (χ2v) is 4.08. The van der Waals surface area contributed by atoms with Gasteiger partial charge in [-0.1, -0.05) is 0 Å². The van der Waals surface area contributed by atoms with Crippen LogP contribution in [0.4, 0.5) is 0 Å². The Bertz CT molecular complexity index is 270. The maximum Gasteiger partial charge on any atom is 0.238 e. The Morgan fingerprint density at radius 2 is 2.54 bits per heavy atom. The molecule has 0 aromatic carbocycles. The summed E-state index contributed by atoms with van der Waals surface area (Å²) in [6, 6.07) is 0. The van der Waals surface area contributed by atoms with Crippen molar-refractivity contribution in [2.45, 2.75) is 19.3 Å². The molecule has 1 aliphatic rings. The minimum atomic E-state index is 0.547. The lowest BCUT2D eigenvalue weighted by Gasteiger charge is -2.20. The van der Waals surface area contributed by atoms with Crippen LogP contribution in [0.3, 0.4) is 0 Å². The fourth-order valence-corrected chi connectivity index (χ4v) is 1.93. The van der Waals surface area contributed by atoms with Gasteiger partial charge in [-0.15, -0.1) is 0 Å². The minimum Gasteiger partial charge on any atom is -0.338 e. The first-order valence-corrected chi connectivity index (χ1v) is 5.32. The molecule has 0 radical (unpaired) electrons. The van der Waals surface area contributed by atoms with E-state index in [-0.39, 0.29) is 0 Å². The fraction of sp³-hybridized carbons (Fsp3) is 0.750. The Balaban J connectivity index is 1.89. The molecule has 1 aromatic rings. The molecule has 72 valence electrons. The van der Waals surface area contributed by atoms with Crippen LogP contribution in [0.15, 0.2) is 9.26 Å². The lowest BCUT2D eigenvalue weighted by molar-refractivity contribution is 0.315. The van der Waals surface area contributed by atoms with Crippen molar-refractivity contribution in [1.82, 2.24) is 15.5 Å². The number of nitrogens with zero attached hydrogens (tertiary/aromatic N) is 2. The largest absolute Gasteiger partial charge is 0.338 e. The zero-order valence-corrected chi connectivity index (χ0v) is 8.88.